The van der Waals surface area contributed by atoms with Gasteiger partial charge >= 0.3 is 0 Å². The van der Waals surface area contributed by atoms with Crippen LogP contribution < -0.4 is 10.6 Å². The van der Waals surface area contributed by atoms with E-state index in [-0.39, 0.29) is 11.9 Å². The molecular weight excluding hydrogens is 268 g/mol. The zero-order chi connectivity index (χ0) is 15.2. The largest absolute Gasteiger partial charge is 0.375 e. The molecule has 0 fully saturated rings. The third-order valence-corrected chi connectivity index (χ3v) is 3.16. The Balaban J connectivity index is 2.07. The van der Waals surface area contributed by atoms with Crippen molar-refractivity contribution in [3.63, 3.8) is 0 Å². The molecule has 0 spiro atoms. The molecule has 0 saturated carbocycles. The van der Waals surface area contributed by atoms with Gasteiger partial charge in [0.1, 0.15) is 0 Å². The average Bonchev–Trinajstić information content (AvgIpc) is 2.90. The molecule has 1 aromatic carbocycles. The van der Waals surface area contributed by atoms with Crippen molar-refractivity contribution in [3.8, 4) is 0 Å². The molecule has 0 aliphatic heterocycles. The van der Waals surface area contributed by atoms with Crippen molar-refractivity contribution in [2.45, 2.75) is 39.8 Å². The Morgan fingerprint density at radius 3 is 2.81 bits per heavy atom. The van der Waals surface area contributed by atoms with Gasteiger partial charge in [0.2, 0.25) is 5.89 Å². The van der Waals surface area contributed by atoms with Crippen molar-refractivity contribution in [2.75, 3.05) is 5.32 Å². The molecule has 2 rings (SSSR count). The number of amides is 1. The molecule has 21 heavy (non-hydrogen) atoms. The van der Waals surface area contributed by atoms with Crippen LogP contribution >= 0.6 is 0 Å². The van der Waals surface area contributed by atoms with E-state index in [1.807, 2.05) is 32.0 Å². The molecule has 112 valence electrons. The molecule has 0 bridgehead atoms. The number of benzene rings is 1. The van der Waals surface area contributed by atoms with Crippen LogP contribution in [0.2, 0.25) is 0 Å². The lowest BCUT2D eigenvalue weighted by Gasteiger charge is -2.14. The summed E-state index contributed by atoms with van der Waals surface area (Å²) in [4.78, 5) is 16.4. The first-order chi connectivity index (χ1) is 10.1. The van der Waals surface area contributed by atoms with Gasteiger partial charge in [-0.3, -0.25) is 4.79 Å². The van der Waals surface area contributed by atoms with Crippen molar-refractivity contribution in [1.29, 1.82) is 0 Å². The number of nitrogens with zero attached hydrogens (tertiary/aromatic N) is 2. The van der Waals surface area contributed by atoms with Crippen molar-refractivity contribution >= 4 is 11.6 Å². The van der Waals surface area contributed by atoms with E-state index in [9.17, 15) is 4.79 Å². The van der Waals surface area contributed by atoms with Crippen LogP contribution in [0.5, 0.6) is 0 Å². The minimum absolute atomic E-state index is 0.0887. The molecule has 0 radical (unpaired) electrons. The Hall–Kier alpha value is -2.37. The first-order valence-corrected chi connectivity index (χ1v) is 7.03. The number of para-hydroxylation sites is 1. The topological polar surface area (TPSA) is 80.0 Å². The minimum atomic E-state index is -0.0887. The summed E-state index contributed by atoms with van der Waals surface area (Å²) in [5.74, 6) is 0.994. The molecule has 0 saturated heterocycles. The highest BCUT2D eigenvalue weighted by atomic mass is 16.5. The summed E-state index contributed by atoms with van der Waals surface area (Å²) in [6.45, 7) is 6.16. The zero-order valence-corrected chi connectivity index (χ0v) is 12.5. The molecule has 6 nitrogen and oxygen atoms in total. The highest BCUT2D eigenvalue weighted by Crippen LogP contribution is 2.16. The van der Waals surface area contributed by atoms with Crippen LogP contribution in [0, 0.1) is 6.92 Å². The van der Waals surface area contributed by atoms with Crippen LogP contribution in [0.3, 0.4) is 0 Å². The lowest BCUT2D eigenvalue weighted by molar-refractivity contribution is 0.0940. The Morgan fingerprint density at radius 1 is 1.38 bits per heavy atom. The van der Waals surface area contributed by atoms with E-state index in [0.29, 0.717) is 23.8 Å². The van der Waals surface area contributed by atoms with E-state index in [4.69, 9.17) is 4.52 Å². The Kier molecular flexibility index (Phi) is 4.92. The second-order valence-electron chi connectivity index (χ2n) is 4.92. The van der Waals surface area contributed by atoms with Gasteiger partial charge in [-0.2, -0.15) is 4.98 Å². The maximum atomic E-state index is 12.2. The summed E-state index contributed by atoms with van der Waals surface area (Å²) >= 11 is 0. The van der Waals surface area contributed by atoms with Crippen LogP contribution in [0.1, 0.15) is 42.3 Å². The van der Waals surface area contributed by atoms with Gasteiger partial charge in [0.25, 0.3) is 5.91 Å². The summed E-state index contributed by atoms with van der Waals surface area (Å²) in [5, 5.41) is 9.85. The van der Waals surface area contributed by atoms with Gasteiger partial charge in [0, 0.05) is 11.7 Å². The molecular formula is C15H20N4O2. The van der Waals surface area contributed by atoms with Crippen LogP contribution in [0.25, 0.3) is 0 Å². The summed E-state index contributed by atoms with van der Waals surface area (Å²) in [6.07, 6.45) is 0.891. The van der Waals surface area contributed by atoms with Gasteiger partial charge in [-0.25, -0.2) is 0 Å². The van der Waals surface area contributed by atoms with Crippen molar-refractivity contribution < 1.29 is 9.32 Å². The zero-order valence-electron chi connectivity index (χ0n) is 12.5. The van der Waals surface area contributed by atoms with Crippen LogP contribution in [-0.4, -0.2) is 22.1 Å². The van der Waals surface area contributed by atoms with Crippen LogP contribution in [-0.2, 0) is 6.54 Å². The fourth-order valence-electron chi connectivity index (χ4n) is 1.82. The summed E-state index contributed by atoms with van der Waals surface area (Å²) < 4.78 is 5.04. The van der Waals surface area contributed by atoms with Gasteiger partial charge < -0.3 is 15.2 Å². The summed E-state index contributed by atoms with van der Waals surface area (Å²) in [6, 6.07) is 7.51. The normalized spacial score (nSPS) is 12.0. The Morgan fingerprint density at radius 2 is 2.14 bits per heavy atom. The van der Waals surface area contributed by atoms with Crippen LogP contribution in [0.4, 0.5) is 5.69 Å². The number of aromatic nitrogens is 2. The van der Waals surface area contributed by atoms with Gasteiger partial charge in [0.05, 0.1) is 12.1 Å². The number of anilines is 1. The number of rotatable bonds is 6. The van der Waals surface area contributed by atoms with Crippen molar-refractivity contribution in [1.82, 2.24) is 15.5 Å². The lowest BCUT2D eigenvalue weighted by Crippen LogP contribution is -2.32. The molecule has 0 aliphatic rings. The summed E-state index contributed by atoms with van der Waals surface area (Å²) in [7, 11) is 0. The first kappa shape index (κ1) is 15.0. The molecule has 1 atom stereocenters. The molecule has 0 unspecified atom stereocenters. The fourth-order valence-corrected chi connectivity index (χ4v) is 1.82. The van der Waals surface area contributed by atoms with Gasteiger partial charge in [-0.15, -0.1) is 0 Å². The number of hydrogen-bond donors (Lipinski definition) is 2. The van der Waals surface area contributed by atoms with Crippen molar-refractivity contribution in [3.05, 3.63) is 41.5 Å². The smallest absolute Gasteiger partial charge is 0.253 e. The minimum Gasteiger partial charge on any atom is -0.375 e. The Bertz CT molecular complexity index is 609. The monoisotopic (exact) mass is 288 g/mol. The number of carbonyl (C=O) groups is 1. The third-order valence-electron chi connectivity index (χ3n) is 3.16. The molecule has 2 aromatic rings. The fraction of sp³-hybridized carbons (Fsp3) is 0.400. The number of carbonyl (C=O) groups excluding carboxylic acids is 1. The maximum absolute atomic E-state index is 12.2. The Labute approximate surface area is 123 Å². The number of aryl methyl sites for hydroxylation is 1. The summed E-state index contributed by atoms with van der Waals surface area (Å²) in [5.41, 5.74) is 1.35. The average molecular weight is 288 g/mol. The van der Waals surface area contributed by atoms with E-state index in [1.165, 1.54) is 0 Å². The predicted molar refractivity (Wildman–Crippen MR) is 80.0 cm³/mol. The molecule has 2 N–H and O–H groups in total. The number of hydrogen-bond acceptors (Lipinski definition) is 5. The highest BCUT2D eigenvalue weighted by molar-refractivity contribution is 5.99. The molecule has 1 heterocycles. The molecule has 6 heteroatoms. The maximum Gasteiger partial charge on any atom is 0.253 e. The molecule has 0 aliphatic carbocycles. The van der Waals surface area contributed by atoms with Gasteiger partial charge in [-0.05, 0) is 32.4 Å². The highest BCUT2D eigenvalue weighted by Gasteiger charge is 2.13. The van der Waals surface area contributed by atoms with E-state index in [2.05, 4.69) is 20.8 Å². The molecule has 1 aromatic heterocycles. The van der Waals surface area contributed by atoms with E-state index in [1.54, 1.807) is 13.0 Å². The third kappa shape index (κ3) is 4.05. The van der Waals surface area contributed by atoms with Crippen molar-refractivity contribution in [2.24, 2.45) is 0 Å². The lowest BCUT2D eigenvalue weighted by atomic mass is 10.1. The first-order valence-electron chi connectivity index (χ1n) is 7.03. The molecule has 1 amide bonds. The number of nitrogens with one attached hydrogen (secondary N) is 2. The quantitative estimate of drug-likeness (QED) is 0.853. The standard InChI is InChI=1S/C15H20N4O2/c1-4-10(2)17-15(20)12-7-5-6-8-13(12)16-9-14-18-11(3)19-21-14/h5-8,10,16H,4,9H2,1-3H3,(H,17,20)/t10-/m1/s1. The second kappa shape index (κ2) is 6.88. The van der Waals surface area contributed by atoms with Gasteiger partial charge in [-0.1, -0.05) is 24.2 Å². The predicted octanol–water partition coefficient (Wildman–Crippen LogP) is 2.52. The van der Waals surface area contributed by atoms with E-state index in [0.717, 1.165) is 12.1 Å². The second-order valence-corrected chi connectivity index (χ2v) is 4.92. The van der Waals surface area contributed by atoms with Gasteiger partial charge in [0.15, 0.2) is 5.82 Å². The SMILES string of the molecule is CC[C@@H](C)NC(=O)c1ccccc1NCc1nc(C)no1. The van der Waals surface area contributed by atoms with Crippen LogP contribution in [0.15, 0.2) is 28.8 Å². The van der Waals surface area contributed by atoms with E-state index < -0.39 is 0 Å². The van der Waals surface area contributed by atoms with E-state index >= 15 is 0 Å².